The van der Waals surface area contributed by atoms with E-state index in [4.69, 9.17) is 0 Å². The zero-order valence-electron chi connectivity index (χ0n) is 56.0. The number of carbonyl (C=O) groups excluding carboxylic acids is 1. The van der Waals surface area contributed by atoms with Crippen molar-refractivity contribution in [3.8, 4) is 0 Å². The van der Waals surface area contributed by atoms with Crippen molar-refractivity contribution >= 4 is 71.0 Å². The smallest absolute Gasteiger partial charge is 0.221 e. The first kappa shape index (κ1) is 68.7. The van der Waals surface area contributed by atoms with Gasteiger partial charge < -0.3 is 28.6 Å². The lowest BCUT2D eigenvalue weighted by atomic mass is 9.84. The molecule has 0 unspecified atom stereocenters. The largest absolute Gasteiger partial charge is 0.506 e. The summed E-state index contributed by atoms with van der Waals surface area (Å²) in [5.41, 5.74) is 14.3. The third kappa shape index (κ3) is 19.6. The Morgan fingerprint density at radius 1 is 0.375 bits per heavy atom. The van der Waals surface area contributed by atoms with Crippen LogP contribution in [0.1, 0.15) is 255 Å². The highest BCUT2D eigenvalue weighted by molar-refractivity contribution is 6.39. The van der Waals surface area contributed by atoms with Crippen molar-refractivity contribution in [3.05, 3.63) is 165 Å². The highest BCUT2D eigenvalue weighted by atomic mass is 16.3. The van der Waals surface area contributed by atoms with Crippen molar-refractivity contribution in [3.63, 3.8) is 0 Å². The minimum absolute atomic E-state index is 0.0842. The van der Waals surface area contributed by atoms with E-state index in [1.54, 1.807) is 0 Å². The topological polar surface area (TPSA) is 61.6 Å². The standard InChI is InChI=1S/C80H112N6O2/c1-9-17-25-29-61-83-69(43-37-65-33-39-67(40-34-65)81(57-21-13-5)58-22-14-6)45-47-71(83)49-51-73-53-55-75(85(73)63-31-27-19-11-3)77-79(87)78(80(77)88)76-56-54-74(86(76)64-32-28-20-12-4)52-50-72-48-46-70(84(72)62-30-26-18-10-2)44-38-66-35-41-68(42-36-66)82(59-23-15-7)60-24-16-8/h33-56H,9-32,57-64H2,1-8H3/p+1. The summed E-state index contributed by atoms with van der Waals surface area (Å²) in [6.45, 7) is 26.0. The Morgan fingerprint density at radius 3 is 1.15 bits per heavy atom. The summed E-state index contributed by atoms with van der Waals surface area (Å²) in [6.07, 6.45) is 50.2. The molecule has 1 aliphatic heterocycles. The summed E-state index contributed by atoms with van der Waals surface area (Å²) in [4.78, 5) is 19.9. The molecule has 1 N–H and O–H groups in total. The first-order valence-electron chi connectivity index (χ1n) is 35.3. The van der Waals surface area contributed by atoms with Gasteiger partial charge in [0.05, 0.1) is 11.3 Å². The van der Waals surface area contributed by atoms with Crippen molar-refractivity contribution in [2.45, 2.75) is 229 Å². The molecule has 1 aliphatic carbocycles. The van der Waals surface area contributed by atoms with Crippen LogP contribution < -0.4 is 9.80 Å². The molecule has 0 saturated heterocycles. The Kier molecular flexibility index (Phi) is 29.6. The van der Waals surface area contributed by atoms with Crippen LogP contribution in [0.15, 0.2) is 120 Å². The van der Waals surface area contributed by atoms with Crippen molar-refractivity contribution in [2.75, 3.05) is 42.5 Å². The van der Waals surface area contributed by atoms with Gasteiger partial charge in [-0.1, -0.05) is 188 Å². The van der Waals surface area contributed by atoms with E-state index in [9.17, 15) is 9.90 Å². The van der Waals surface area contributed by atoms with E-state index in [0.717, 1.165) is 151 Å². The van der Waals surface area contributed by atoms with Gasteiger partial charge in [0.25, 0.3) is 0 Å². The van der Waals surface area contributed by atoms with Crippen LogP contribution in [-0.4, -0.2) is 67.6 Å². The maximum Gasteiger partial charge on any atom is 0.221 e. The number of aliphatic hydroxyl groups excluding tert-OH is 1. The first-order valence-corrected chi connectivity index (χ1v) is 35.3. The number of hydrogen-bond acceptors (Lipinski definition) is 4. The van der Waals surface area contributed by atoms with Gasteiger partial charge in [0, 0.05) is 110 Å². The molecule has 0 atom stereocenters. The molecular weight excluding hydrogens is 1080 g/mol. The van der Waals surface area contributed by atoms with Gasteiger partial charge in [-0.05, 0) is 154 Å². The van der Waals surface area contributed by atoms with E-state index >= 15 is 0 Å². The van der Waals surface area contributed by atoms with Gasteiger partial charge in [-0.25, -0.2) is 0 Å². The van der Waals surface area contributed by atoms with E-state index in [1.165, 1.54) is 124 Å². The quantitative estimate of drug-likeness (QED) is 0.0240. The third-order valence-electron chi connectivity index (χ3n) is 17.9. The number of rotatable bonds is 43. The maximum atomic E-state index is 14.8. The molecule has 0 spiro atoms. The van der Waals surface area contributed by atoms with Gasteiger partial charge in [0.15, 0.2) is 0 Å². The predicted octanol–water partition coefficient (Wildman–Crippen LogP) is 21.6. The number of allylic oxidation sites excluding steroid dienone is 5. The molecule has 474 valence electrons. The SMILES string of the molecule is CCCCCCn1c(/C=C/C2=[N+](CCCCCC)C(=C3/C(=O)C(c4ccc(/C=C/c5ccc(/C=C/c6ccc(N(CCCC)CCCC)cc6)n5CCCCCC)n4CCCCCC)=C3O)/C=C2)ccc1/C=C/c1ccc(N(CCCC)CCCC)cc1. The zero-order valence-corrected chi connectivity index (χ0v) is 56.0. The van der Waals surface area contributed by atoms with Crippen molar-refractivity contribution in [1.82, 2.24) is 13.7 Å². The molecule has 0 fully saturated rings. The van der Waals surface area contributed by atoms with Crippen LogP contribution in [0.5, 0.6) is 0 Å². The molecule has 8 nitrogen and oxygen atoms in total. The summed E-state index contributed by atoms with van der Waals surface area (Å²) in [7, 11) is 0. The van der Waals surface area contributed by atoms with Crippen LogP contribution in [0.2, 0.25) is 0 Å². The predicted molar refractivity (Wildman–Crippen MR) is 383 cm³/mol. The molecule has 8 heteroatoms. The highest BCUT2D eigenvalue weighted by Gasteiger charge is 2.43. The molecule has 3 aromatic heterocycles. The van der Waals surface area contributed by atoms with Crippen molar-refractivity contribution in [2.24, 2.45) is 0 Å². The van der Waals surface area contributed by atoms with E-state index < -0.39 is 0 Å². The molecule has 2 aromatic carbocycles. The Morgan fingerprint density at radius 2 is 0.739 bits per heavy atom. The van der Waals surface area contributed by atoms with Crippen LogP contribution in [-0.2, 0) is 24.4 Å². The molecule has 0 amide bonds. The maximum absolute atomic E-state index is 14.8. The number of ketones is 1. The fourth-order valence-corrected chi connectivity index (χ4v) is 12.4. The average molecular weight is 1190 g/mol. The van der Waals surface area contributed by atoms with Crippen molar-refractivity contribution in [1.29, 1.82) is 0 Å². The second-order valence-corrected chi connectivity index (χ2v) is 24.8. The molecular formula is C80H113N6O2+. The summed E-state index contributed by atoms with van der Waals surface area (Å²) in [5, 5.41) is 12.3. The normalized spacial score (nSPS) is 14.5. The van der Waals surface area contributed by atoms with E-state index in [2.05, 4.69) is 229 Å². The van der Waals surface area contributed by atoms with Gasteiger partial charge in [-0.2, -0.15) is 4.58 Å². The summed E-state index contributed by atoms with van der Waals surface area (Å²) < 4.78 is 9.49. The molecule has 4 heterocycles. The van der Waals surface area contributed by atoms with E-state index in [1.807, 2.05) is 0 Å². The molecule has 7 rings (SSSR count). The van der Waals surface area contributed by atoms with Gasteiger partial charge in [0.2, 0.25) is 17.2 Å². The molecule has 88 heavy (non-hydrogen) atoms. The monoisotopic (exact) mass is 1190 g/mol. The fraction of sp³-hybridized carbons (Fsp3) is 0.500. The lowest BCUT2D eigenvalue weighted by Gasteiger charge is -2.24. The van der Waals surface area contributed by atoms with Crippen molar-refractivity contribution < 1.29 is 14.5 Å². The van der Waals surface area contributed by atoms with Crippen LogP contribution in [0.4, 0.5) is 11.4 Å². The number of nitrogens with zero attached hydrogens (tertiary/aromatic N) is 6. The molecule has 2 aliphatic rings. The lowest BCUT2D eigenvalue weighted by molar-refractivity contribution is -0.469. The Bertz CT molecular complexity index is 3140. The van der Waals surface area contributed by atoms with Gasteiger partial charge in [-0.3, -0.25) is 4.79 Å². The summed E-state index contributed by atoms with van der Waals surface area (Å²) in [6, 6.07) is 31.4. The average Bonchev–Trinajstić information content (AvgIpc) is 2.78. The lowest BCUT2D eigenvalue weighted by Crippen LogP contribution is -2.28. The summed E-state index contributed by atoms with van der Waals surface area (Å²) in [5.74, 6) is 0.0191. The van der Waals surface area contributed by atoms with Gasteiger partial charge in [0.1, 0.15) is 17.9 Å². The van der Waals surface area contributed by atoms with E-state index in [-0.39, 0.29) is 11.5 Å². The van der Waals surface area contributed by atoms with Crippen LogP contribution in [0.3, 0.4) is 0 Å². The second kappa shape index (κ2) is 37.9. The number of aliphatic hydroxyl groups is 1. The molecule has 0 saturated carbocycles. The first-order chi connectivity index (χ1) is 43.2. The Balaban J connectivity index is 1.17. The zero-order chi connectivity index (χ0) is 62.3. The summed E-state index contributed by atoms with van der Waals surface area (Å²) >= 11 is 0. The molecule has 0 radical (unpaired) electrons. The number of carbonyl (C=O) groups is 1. The molecule has 0 bridgehead atoms. The molecule has 5 aromatic rings. The van der Waals surface area contributed by atoms with E-state index in [0.29, 0.717) is 11.1 Å². The number of hydrogen-bond donors (Lipinski definition) is 1. The number of benzene rings is 2. The van der Waals surface area contributed by atoms with Crippen LogP contribution in [0.25, 0.3) is 48.1 Å². The van der Waals surface area contributed by atoms with Crippen LogP contribution >= 0.6 is 0 Å². The number of aromatic nitrogens is 3. The van der Waals surface area contributed by atoms with Crippen LogP contribution in [0, 0.1) is 0 Å². The van der Waals surface area contributed by atoms with Gasteiger partial charge >= 0.3 is 0 Å². The Hall–Kier alpha value is -6.80. The highest BCUT2D eigenvalue weighted by Crippen LogP contribution is 2.40. The second-order valence-electron chi connectivity index (χ2n) is 24.8. The number of unbranched alkanes of at least 4 members (excludes halogenated alkanes) is 16. The third-order valence-corrected chi connectivity index (χ3v) is 17.9. The minimum Gasteiger partial charge on any atom is -0.506 e. The number of Topliss-reactive ketones (excluding diaryl/α,β-unsaturated/α-hetero) is 1. The van der Waals surface area contributed by atoms with Gasteiger partial charge in [-0.15, -0.1) is 0 Å². The number of anilines is 2. The Labute approximate surface area is 533 Å². The fourth-order valence-electron chi connectivity index (χ4n) is 12.4. The minimum atomic E-state index is -0.0842.